The normalized spacial score (nSPS) is 10.6. The number of methoxy groups -OCH3 is 1. The van der Waals surface area contributed by atoms with Crippen molar-refractivity contribution in [3.63, 3.8) is 0 Å². The van der Waals surface area contributed by atoms with Crippen LogP contribution in [-0.4, -0.2) is 33.3 Å². The highest BCUT2D eigenvalue weighted by Gasteiger charge is 2.21. The summed E-state index contributed by atoms with van der Waals surface area (Å²) in [6.45, 7) is -0.292. The summed E-state index contributed by atoms with van der Waals surface area (Å²) in [5.41, 5.74) is -1.04. The number of benzene rings is 1. The summed E-state index contributed by atoms with van der Waals surface area (Å²) in [7, 11) is 1.34. The topological polar surface area (TPSA) is 120 Å². The molecule has 0 aliphatic carbocycles. The van der Waals surface area contributed by atoms with Gasteiger partial charge in [0.05, 0.1) is 43.0 Å². The molecule has 0 saturated heterocycles. The Labute approximate surface area is 172 Å². The second kappa shape index (κ2) is 9.08. The molecule has 0 bridgehead atoms. The van der Waals surface area contributed by atoms with Crippen LogP contribution in [0.25, 0.3) is 0 Å². The van der Waals surface area contributed by atoms with Gasteiger partial charge < -0.3 is 10.1 Å². The molecule has 0 atom stereocenters. The van der Waals surface area contributed by atoms with E-state index in [1.165, 1.54) is 25.6 Å². The summed E-state index contributed by atoms with van der Waals surface area (Å²) in [5, 5.41) is 17.1. The van der Waals surface area contributed by atoms with E-state index in [-0.39, 0.29) is 29.6 Å². The number of amides is 2. The molecule has 9 nitrogen and oxygen atoms in total. The number of halogens is 4. The molecule has 0 spiro atoms. The zero-order valence-electron chi connectivity index (χ0n) is 15.7. The summed E-state index contributed by atoms with van der Waals surface area (Å²) < 4.78 is 57.7. The van der Waals surface area contributed by atoms with Gasteiger partial charge in [0.1, 0.15) is 11.8 Å². The second-order valence-corrected chi connectivity index (χ2v) is 5.99. The van der Waals surface area contributed by atoms with Gasteiger partial charge in [-0.05, 0) is 12.1 Å². The molecule has 3 aromatic rings. The van der Waals surface area contributed by atoms with Gasteiger partial charge in [0.15, 0.2) is 11.6 Å². The van der Waals surface area contributed by atoms with Gasteiger partial charge in [-0.25, -0.2) is 32.3 Å². The van der Waals surface area contributed by atoms with Gasteiger partial charge in [-0.1, -0.05) is 0 Å². The number of urea groups is 1. The lowest BCUT2D eigenvalue weighted by atomic mass is 10.2. The Balaban J connectivity index is 1.91. The molecule has 160 valence electrons. The highest BCUT2D eigenvalue weighted by atomic mass is 19.3. The predicted molar refractivity (Wildman–Crippen MR) is 98.4 cm³/mol. The van der Waals surface area contributed by atoms with Crippen molar-refractivity contribution in [2.45, 2.75) is 13.0 Å². The number of H-pyrrole nitrogens is 1. The maximum Gasteiger partial charge on any atom is 0.326 e. The molecule has 3 rings (SSSR count). The van der Waals surface area contributed by atoms with Gasteiger partial charge >= 0.3 is 12.0 Å². The van der Waals surface area contributed by atoms with Crippen LogP contribution in [0.15, 0.2) is 30.6 Å². The average molecular weight is 435 g/mol. The van der Waals surface area contributed by atoms with Gasteiger partial charge in [-0.2, -0.15) is 10.4 Å². The summed E-state index contributed by atoms with van der Waals surface area (Å²) >= 11 is 0. The number of hydrogen-bond donors (Lipinski definition) is 2. The Kier molecular flexibility index (Phi) is 6.29. The summed E-state index contributed by atoms with van der Waals surface area (Å²) in [6, 6.07) is 3.34. The molecule has 2 aromatic heterocycles. The SMILES string of the molecule is COc1ncc(N(Cc2cc(C(F)F)[nH]n2)C(=O)Nc2cc(F)c(F)c(C#N)c2)cn1. The molecular weight excluding hydrogens is 422 g/mol. The van der Waals surface area contributed by atoms with E-state index in [1.54, 1.807) is 0 Å². The number of hydrogen-bond acceptors (Lipinski definition) is 6. The van der Waals surface area contributed by atoms with Crippen LogP contribution >= 0.6 is 0 Å². The van der Waals surface area contributed by atoms with Crippen molar-refractivity contribution < 1.29 is 27.1 Å². The van der Waals surface area contributed by atoms with Crippen molar-refractivity contribution in [2.24, 2.45) is 0 Å². The highest BCUT2D eigenvalue weighted by molar-refractivity contribution is 6.01. The van der Waals surface area contributed by atoms with Crippen LogP contribution in [0.1, 0.15) is 23.4 Å². The monoisotopic (exact) mass is 435 g/mol. The molecule has 2 amide bonds. The quantitative estimate of drug-likeness (QED) is 0.572. The Hall–Kier alpha value is -4.21. The molecule has 0 aliphatic heterocycles. The number of nitrogens with zero attached hydrogens (tertiary/aromatic N) is 5. The minimum Gasteiger partial charge on any atom is -0.467 e. The Morgan fingerprint density at radius 2 is 2.00 bits per heavy atom. The summed E-state index contributed by atoms with van der Waals surface area (Å²) in [5.74, 6) is -2.68. The lowest BCUT2D eigenvalue weighted by molar-refractivity contribution is 0.146. The number of aromatic nitrogens is 4. The number of nitrogens with one attached hydrogen (secondary N) is 2. The van der Waals surface area contributed by atoms with Gasteiger partial charge in [0.25, 0.3) is 6.43 Å². The van der Waals surface area contributed by atoms with Crippen LogP contribution < -0.4 is 15.0 Å². The van der Waals surface area contributed by atoms with E-state index in [0.717, 1.165) is 17.0 Å². The van der Waals surface area contributed by atoms with E-state index in [9.17, 15) is 22.4 Å². The maximum atomic E-state index is 13.7. The van der Waals surface area contributed by atoms with E-state index < -0.39 is 35.3 Å². The lowest BCUT2D eigenvalue weighted by Crippen LogP contribution is -2.35. The van der Waals surface area contributed by atoms with E-state index in [2.05, 4.69) is 25.5 Å². The van der Waals surface area contributed by atoms with Gasteiger partial charge in [-0.3, -0.25) is 10.00 Å². The summed E-state index contributed by atoms with van der Waals surface area (Å²) in [4.78, 5) is 21.6. The molecule has 0 unspecified atom stereocenters. The molecule has 31 heavy (non-hydrogen) atoms. The van der Waals surface area contributed by atoms with Gasteiger partial charge in [0.2, 0.25) is 0 Å². The van der Waals surface area contributed by atoms with E-state index in [4.69, 9.17) is 10.00 Å². The zero-order valence-corrected chi connectivity index (χ0v) is 15.7. The minimum absolute atomic E-state index is 0.0168. The molecule has 0 radical (unpaired) electrons. The zero-order chi connectivity index (χ0) is 22.5. The van der Waals surface area contributed by atoms with Crippen molar-refractivity contribution in [3.8, 4) is 12.1 Å². The van der Waals surface area contributed by atoms with Crippen LogP contribution in [0.5, 0.6) is 6.01 Å². The van der Waals surface area contributed by atoms with Crippen molar-refractivity contribution in [3.05, 3.63) is 59.2 Å². The number of anilines is 2. The fourth-order valence-corrected chi connectivity index (χ4v) is 2.50. The van der Waals surface area contributed by atoms with Crippen LogP contribution in [0, 0.1) is 23.0 Å². The first kappa shape index (κ1) is 21.5. The van der Waals surface area contributed by atoms with E-state index in [1.807, 2.05) is 0 Å². The maximum absolute atomic E-state index is 13.7. The number of carbonyl (C=O) groups excluding carboxylic acids is 1. The number of ether oxygens (including phenoxy) is 1. The van der Waals surface area contributed by atoms with Crippen LogP contribution in [-0.2, 0) is 6.54 Å². The lowest BCUT2D eigenvalue weighted by Gasteiger charge is -2.22. The number of carbonyl (C=O) groups is 1. The third-order valence-corrected chi connectivity index (χ3v) is 3.96. The van der Waals surface area contributed by atoms with E-state index in [0.29, 0.717) is 6.07 Å². The van der Waals surface area contributed by atoms with Crippen LogP contribution in [0.2, 0.25) is 0 Å². The molecule has 2 heterocycles. The van der Waals surface area contributed by atoms with Crippen LogP contribution in [0.4, 0.5) is 33.7 Å². The first-order chi connectivity index (χ1) is 14.8. The molecule has 1 aromatic carbocycles. The highest BCUT2D eigenvalue weighted by Crippen LogP contribution is 2.23. The molecule has 0 saturated carbocycles. The van der Waals surface area contributed by atoms with Crippen LogP contribution in [0.3, 0.4) is 0 Å². The average Bonchev–Trinajstić information content (AvgIpc) is 3.23. The minimum atomic E-state index is -2.79. The number of nitriles is 1. The third kappa shape index (κ3) is 4.86. The molecule has 0 fully saturated rings. The Morgan fingerprint density at radius 1 is 1.29 bits per heavy atom. The number of alkyl halides is 2. The van der Waals surface area contributed by atoms with E-state index >= 15 is 0 Å². The van der Waals surface area contributed by atoms with Crippen molar-refractivity contribution in [2.75, 3.05) is 17.3 Å². The Bertz CT molecular complexity index is 1130. The standard InChI is InChI=1S/C18H13F4N7O2/c1-31-17-24-6-12(7-25-17)29(8-11-4-14(16(21)22)28-27-11)18(30)26-10-2-9(5-23)15(20)13(19)3-10/h2-4,6-7,16H,8H2,1H3,(H,26,30)(H,27,28). The largest absolute Gasteiger partial charge is 0.467 e. The number of aromatic amines is 1. The van der Waals surface area contributed by atoms with Crippen molar-refractivity contribution >= 4 is 17.4 Å². The first-order valence-electron chi connectivity index (χ1n) is 8.48. The second-order valence-electron chi connectivity index (χ2n) is 5.99. The fourth-order valence-electron chi connectivity index (χ4n) is 2.50. The Morgan fingerprint density at radius 3 is 2.58 bits per heavy atom. The summed E-state index contributed by atoms with van der Waals surface area (Å²) in [6.07, 6.45) is -0.324. The molecule has 0 aliphatic rings. The first-order valence-corrected chi connectivity index (χ1v) is 8.48. The van der Waals surface area contributed by atoms with Gasteiger partial charge in [0, 0.05) is 11.8 Å². The third-order valence-electron chi connectivity index (χ3n) is 3.96. The smallest absolute Gasteiger partial charge is 0.326 e. The molecular formula is C18H13F4N7O2. The van der Waals surface area contributed by atoms with Crippen molar-refractivity contribution in [1.29, 1.82) is 5.26 Å². The van der Waals surface area contributed by atoms with Gasteiger partial charge in [-0.15, -0.1) is 0 Å². The fraction of sp³-hybridized carbons (Fsp3) is 0.167. The van der Waals surface area contributed by atoms with Crippen molar-refractivity contribution in [1.82, 2.24) is 20.2 Å². The molecule has 2 N–H and O–H groups in total. The molecule has 13 heteroatoms. The predicted octanol–water partition coefficient (Wildman–Crippen LogP) is 3.53. The number of rotatable bonds is 6.